The molecular weight excluding hydrogens is 1050 g/mol. The number of urea groups is 1. The Morgan fingerprint density at radius 1 is 0.471 bits per heavy atom. The Bertz CT molecular complexity index is 3510. The van der Waals surface area contributed by atoms with Crippen molar-refractivity contribution < 1.29 is 204 Å². The second kappa shape index (κ2) is 21.2. The Hall–Kier alpha value is -3.37. The van der Waals surface area contributed by atoms with Crippen LogP contribution in [-0.4, -0.2) is 81.9 Å². The van der Waals surface area contributed by atoms with Crippen molar-refractivity contribution in [1.82, 2.24) is 0 Å². The predicted molar refractivity (Wildman–Crippen MR) is 220 cm³/mol. The first kappa shape index (κ1) is 59.2. The van der Waals surface area contributed by atoms with Crippen molar-refractivity contribution in [2.45, 2.75) is 33.4 Å². The summed E-state index contributed by atoms with van der Waals surface area (Å²) >= 11 is 0. The van der Waals surface area contributed by atoms with Crippen molar-refractivity contribution in [2.75, 3.05) is 20.4 Å². The van der Waals surface area contributed by atoms with Gasteiger partial charge < -0.3 is 38.3 Å². The maximum Gasteiger partial charge on any atom is 1.00 e. The smallest absolute Gasteiger partial charge is 0.744 e. The molecule has 2 aliphatic heterocycles. The number of rotatable bonds is 8. The fourth-order valence-corrected chi connectivity index (χ4v) is 9.25. The van der Waals surface area contributed by atoms with E-state index in [1.54, 1.807) is 0 Å². The molecule has 0 fully saturated rings. The third kappa shape index (κ3) is 11.5. The third-order valence-corrected chi connectivity index (χ3v) is 13.4. The van der Waals surface area contributed by atoms with Gasteiger partial charge in [0.25, 0.3) is 11.8 Å². The normalized spacial score (nSPS) is 13.1. The Morgan fingerprint density at radius 2 is 0.771 bits per heavy atom. The summed E-state index contributed by atoms with van der Waals surface area (Å²) < 4.78 is 154. The molecule has 0 aromatic heterocycles. The number of hydrogen-bond donors (Lipinski definition) is 2. The molecule has 6 amide bonds. The van der Waals surface area contributed by atoms with Crippen molar-refractivity contribution in [3.05, 3.63) is 107 Å². The number of hydrogen-bond acceptors (Lipinski definition) is 19. The Kier molecular flexibility index (Phi) is 18.0. The van der Waals surface area contributed by atoms with E-state index < -0.39 is 113 Å². The number of imide groups is 2. The van der Waals surface area contributed by atoms with Gasteiger partial charge in [-0.25, -0.2) is 57.9 Å². The maximum atomic E-state index is 14.1. The van der Waals surface area contributed by atoms with E-state index in [0.29, 0.717) is 34.1 Å². The van der Waals surface area contributed by atoms with Gasteiger partial charge in [-0.1, -0.05) is 12.1 Å². The molecule has 0 aliphatic carbocycles. The van der Waals surface area contributed by atoms with Crippen molar-refractivity contribution in [2.24, 2.45) is 0 Å². The number of anilines is 4. The quantitative estimate of drug-likeness (QED) is 0.106. The average molecular weight is 1070 g/mol. The molecule has 2 N–H and O–H groups in total. The molecule has 2 aliphatic rings. The molecule has 0 saturated carbocycles. The topological polar surface area (TPSA) is 363 Å². The summed E-state index contributed by atoms with van der Waals surface area (Å²) in [4.78, 5) is 65.1. The molecule has 0 spiro atoms. The number of carbonyl (C=O) groups is 5. The molecule has 0 atom stereocenters. The fraction of sp³-hybridized carbons (Fsp3) is 0.0513. The SMILES string of the molecule is Cc1ccc(NC(=O)Nc2ccc(C)c(C(=O)N3C(=O)Oc4cc(S(=O)(=O)[O-])cc5cc(S(=O)(=O)[O-])cc3c45)c2)cc1C(=O)N1C(=O)Oc2cc(S(=O)(=O)[O-])cc3cc(S(=O)(=O)[O-])cc1c23.[Na+].[Na+].[Na+].[Na+]. The van der Waals surface area contributed by atoms with Gasteiger partial charge in [0, 0.05) is 33.3 Å². The number of carbonyl (C=O) groups excluding carboxylic acids is 5. The van der Waals surface area contributed by atoms with Gasteiger partial charge in [-0.2, -0.15) is 0 Å². The number of ether oxygens (including phenoxy) is 2. The van der Waals surface area contributed by atoms with Crippen LogP contribution in [0.2, 0.25) is 0 Å². The minimum absolute atomic E-state index is 0. The molecule has 0 unspecified atom stereocenters. The zero-order valence-corrected chi connectivity index (χ0v) is 48.1. The summed E-state index contributed by atoms with van der Waals surface area (Å²) in [7, 11) is -21.0. The Balaban J connectivity index is 0.00000266. The minimum atomic E-state index is -5.32. The number of benzene rings is 6. The molecular formula is C39H22N4Na4O19S4. The van der Waals surface area contributed by atoms with Gasteiger partial charge in [0.15, 0.2) is 0 Å². The summed E-state index contributed by atoms with van der Waals surface area (Å²) in [6.07, 6.45) is -2.98. The summed E-state index contributed by atoms with van der Waals surface area (Å²) in [5.41, 5.74) is -1.44. The van der Waals surface area contributed by atoms with E-state index in [0.717, 1.165) is 36.4 Å². The maximum absolute atomic E-state index is 14.1. The summed E-state index contributed by atoms with van der Waals surface area (Å²) in [6, 6.07) is 12.2. The van der Waals surface area contributed by atoms with Crippen LogP contribution in [0.1, 0.15) is 31.8 Å². The van der Waals surface area contributed by atoms with Crippen molar-refractivity contribution >= 4 is 115 Å². The first-order chi connectivity index (χ1) is 30.6. The van der Waals surface area contributed by atoms with E-state index in [1.165, 1.54) is 38.1 Å². The van der Waals surface area contributed by atoms with Gasteiger partial charge in [0.1, 0.15) is 52.0 Å². The van der Waals surface area contributed by atoms with Crippen LogP contribution in [0.5, 0.6) is 11.5 Å². The molecule has 8 rings (SSSR count). The van der Waals surface area contributed by atoms with Crippen LogP contribution in [0, 0.1) is 13.8 Å². The second-order valence-corrected chi connectivity index (χ2v) is 19.9. The molecule has 6 aromatic rings. The van der Waals surface area contributed by atoms with Gasteiger partial charge in [0.05, 0.1) is 31.0 Å². The van der Waals surface area contributed by atoms with Crippen LogP contribution in [0.25, 0.3) is 21.5 Å². The molecule has 23 nitrogen and oxygen atoms in total. The van der Waals surface area contributed by atoms with Crippen LogP contribution >= 0.6 is 0 Å². The molecule has 0 bridgehead atoms. The molecule has 70 heavy (non-hydrogen) atoms. The van der Waals surface area contributed by atoms with E-state index in [9.17, 15) is 75.9 Å². The monoisotopic (exact) mass is 1070 g/mol. The number of aryl methyl sites for hydroxylation is 2. The molecule has 340 valence electrons. The molecule has 0 radical (unpaired) electrons. The van der Waals surface area contributed by atoms with Gasteiger partial charge in [-0.15, -0.1) is 0 Å². The first-order valence-electron chi connectivity index (χ1n) is 18.1. The first-order valence-corrected chi connectivity index (χ1v) is 23.7. The predicted octanol–water partition coefficient (Wildman–Crippen LogP) is -7.80. The van der Waals surface area contributed by atoms with Crippen molar-refractivity contribution in [1.29, 1.82) is 0 Å². The van der Waals surface area contributed by atoms with E-state index >= 15 is 0 Å². The fourth-order valence-electron chi connectivity index (χ4n) is 7.15. The summed E-state index contributed by atoms with van der Waals surface area (Å²) in [5.74, 6) is -3.44. The van der Waals surface area contributed by atoms with E-state index in [4.69, 9.17) is 9.47 Å². The number of nitrogens with zero attached hydrogens (tertiary/aromatic N) is 2. The van der Waals surface area contributed by atoms with Gasteiger partial charge in [-0.3, -0.25) is 9.59 Å². The zero-order valence-electron chi connectivity index (χ0n) is 36.9. The Labute approximate surface area is 484 Å². The number of amides is 6. The average Bonchev–Trinajstić information content (AvgIpc) is 3.20. The minimum Gasteiger partial charge on any atom is -0.744 e. The van der Waals surface area contributed by atoms with Gasteiger partial charge in [0.2, 0.25) is 0 Å². The van der Waals surface area contributed by atoms with Crippen molar-refractivity contribution in [3.8, 4) is 11.5 Å². The van der Waals surface area contributed by atoms with E-state index in [-0.39, 0.29) is 173 Å². The van der Waals surface area contributed by atoms with E-state index in [2.05, 4.69) is 10.6 Å². The van der Waals surface area contributed by atoms with Gasteiger partial charge >= 0.3 is 136 Å². The summed E-state index contributed by atoms with van der Waals surface area (Å²) in [6.45, 7) is 2.85. The van der Waals surface area contributed by atoms with Crippen LogP contribution in [0.3, 0.4) is 0 Å². The Morgan fingerprint density at radius 3 is 1.07 bits per heavy atom. The van der Waals surface area contributed by atoms with Gasteiger partial charge in [-0.05, 0) is 109 Å². The van der Waals surface area contributed by atoms with E-state index in [1.807, 2.05) is 0 Å². The molecule has 0 saturated heterocycles. The number of nitrogens with one attached hydrogen (secondary N) is 2. The largest absolute Gasteiger partial charge is 1.00 e. The van der Waals surface area contributed by atoms with Crippen LogP contribution < -0.4 is 148 Å². The van der Waals surface area contributed by atoms with Crippen LogP contribution in [-0.2, 0) is 40.5 Å². The zero-order chi connectivity index (χ0) is 48.2. The molecule has 2 heterocycles. The molecule has 31 heteroatoms. The van der Waals surface area contributed by atoms with Crippen LogP contribution in [0.15, 0.2) is 105 Å². The van der Waals surface area contributed by atoms with Crippen molar-refractivity contribution in [3.63, 3.8) is 0 Å². The summed E-state index contributed by atoms with van der Waals surface area (Å²) in [5, 5.41) is 3.74. The standard InChI is InChI=1S/C39H26N4O19S4.4Na/c1-17-3-5-21(11-27(17)35(44)42-29-13-23(63(49,50)51)7-19-9-25(65(55,56)57)15-31(33(19)29)61-38(42)47)40-37(46)41-22-6-4-18(2)28(12-22)36(45)43-30-14-24(64(52,53)54)8-20-10-26(66(58,59)60)16-32(34(20)30)62-39(43)48;;;;/h3-16H,1-2H3,(H2,40,41,46)(H,49,50,51)(H,52,53,54)(H,55,56,57)(H,58,59,60);;;;/q;4*+1/p-4. The molecule has 6 aromatic carbocycles. The third-order valence-electron chi connectivity index (χ3n) is 10.1. The van der Waals surface area contributed by atoms with Crippen LogP contribution in [0.4, 0.5) is 37.1 Å². The second-order valence-electron chi connectivity index (χ2n) is 14.4.